The summed E-state index contributed by atoms with van der Waals surface area (Å²) in [4.78, 5) is 25.4. The Bertz CT molecular complexity index is 499. The molecule has 0 spiro atoms. The van der Waals surface area contributed by atoms with Gasteiger partial charge in [0.1, 0.15) is 0 Å². The third-order valence-electron chi connectivity index (χ3n) is 2.16. The number of imide groups is 1. The molecule has 82 valence electrons. The molecule has 0 radical (unpaired) electrons. The maximum absolute atomic E-state index is 11.6. The Morgan fingerprint density at radius 2 is 1.94 bits per heavy atom. The van der Waals surface area contributed by atoms with E-state index in [2.05, 4.69) is 15.9 Å². The van der Waals surface area contributed by atoms with Crippen LogP contribution in [0.15, 0.2) is 44.6 Å². The molecule has 0 aliphatic carbocycles. The van der Waals surface area contributed by atoms with Gasteiger partial charge in [0.25, 0.3) is 11.8 Å². The van der Waals surface area contributed by atoms with Crippen LogP contribution < -0.4 is 0 Å². The second-order valence-corrected chi connectivity index (χ2v) is 5.18. The highest BCUT2D eigenvalue weighted by molar-refractivity contribution is 9.10. The average molecular weight is 298 g/mol. The van der Waals surface area contributed by atoms with E-state index < -0.39 is 0 Å². The van der Waals surface area contributed by atoms with Gasteiger partial charge in [0.2, 0.25) is 0 Å². The predicted molar refractivity (Wildman–Crippen MR) is 65.9 cm³/mol. The van der Waals surface area contributed by atoms with E-state index in [1.54, 1.807) is 0 Å². The van der Waals surface area contributed by atoms with Gasteiger partial charge in [-0.05, 0) is 28.1 Å². The van der Waals surface area contributed by atoms with Crippen molar-refractivity contribution in [2.75, 3.05) is 7.05 Å². The summed E-state index contributed by atoms with van der Waals surface area (Å²) >= 11 is 4.69. The van der Waals surface area contributed by atoms with E-state index in [4.69, 9.17) is 0 Å². The smallest absolute Gasteiger partial charge is 0.267 e. The van der Waals surface area contributed by atoms with E-state index in [0.717, 1.165) is 14.3 Å². The fraction of sp³-hybridized carbons (Fsp3) is 0.0909. The molecule has 5 heteroatoms. The van der Waals surface area contributed by atoms with E-state index >= 15 is 0 Å². The number of thioether (sulfide) groups is 1. The normalized spacial score (nSPS) is 15.6. The number of carbonyl (C=O) groups excluding carboxylic acids is 2. The fourth-order valence-corrected chi connectivity index (χ4v) is 2.72. The number of rotatable bonds is 2. The molecule has 0 atom stereocenters. The molecule has 2 rings (SSSR count). The van der Waals surface area contributed by atoms with E-state index in [1.807, 2.05) is 24.3 Å². The van der Waals surface area contributed by atoms with Gasteiger partial charge in [-0.3, -0.25) is 14.5 Å². The Hall–Kier alpha value is -1.07. The van der Waals surface area contributed by atoms with Crippen LogP contribution in [0.5, 0.6) is 0 Å². The Morgan fingerprint density at radius 1 is 1.25 bits per heavy atom. The van der Waals surface area contributed by atoms with Crippen LogP contribution >= 0.6 is 27.7 Å². The monoisotopic (exact) mass is 297 g/mol. The molecule has 1 aliphatic rings. The standard InChI is InChI=1S/C11H8BrNO2S/c1-13-10(14)6-9(11(13)15)16-8-5-3-2-4-7(8)12/h2-6H,1H3. The topological polar surface area (TPSA) is 37.4 Å². The second-order valence-electron chi connectivity index (χ2n) is 3.24. The molecule has 1 heterocycles. The first kappa shape index (κ1) is 11.4. The lowest BCUT2D eigenvalue weighted by molar-refractivity contribution is -0.135. The predicted octanol–water partition coefficient (Wildman–Crippen LogP) is 2.42. The maximum atomic E-state index is 11.6. The first-order valence-corrected chi connectivity index (χ1v) is 6.16. The number of benzene rings is 1. The number of hydrogen-bond donors (Lipinski definition) is 0. The van der Waals surface area contributed by atoms with Gasteiger partial charge in [-0.15, -0.1) is 0 Å². The molecule has 16 heavy (non-hydrogen) atoms. The first-order valence-electron chi connectivity index (χ1n) is 4.55. The molecule has 0 saturated carbocycles. The molecule has 0 unspecified atom stereocenters. The molecule has 1 aliphatic heterocycles. The number of nitrogens with zero attached hydrogens (tertiary/aromatic N) is 1. The number of halogens is 1. The summed E-state index contributed by atoms with van der Waals surface area (Å²) < 4.78 is 0.913. The summed E-state index contributed by atoms with van der Waals surface area (Å²) in [6.07, 6.45) is 1.37. The van der Waals surface area contributed by atoms with Crippen molar-refractivity contribution in [2.24, 2.45) is 0 Å². The van der Waals surface area contributed by atoms with Crippen molar-refractivity contribution in [3.05, 3.63) is 39.7 Å². The van der Waals surface area contributed by atoms with Crippen LogP contribution in [0.2, 0.25) is 0 Å². The van der Waals surface area contributed by atoms with Crippen LogP contribution in [0.3, 0.4) is 0 Å². The van der Waals surface area contributed by atoms with Gasteiger partial charge in [-0.2, -0.15) is 0 Å². The quantitative estimate of drug-likeness (QED) is 0.787. The van der Waals surface area contributed by atoms with Gasteiger partial charge in [-0.25, -0.2) is 0 Å². The lowest BCUT2D eigenvalue weighted by Crippen LogP contribution is -2.25. The number of carbonyl (C=O) groups is 2. The van der Waals surface area contributed by atoms with Crippen LogP contribution in [0, 0.1) is 0 Å². The van der Waals surface area contributed by atoms with Gasteiger partial charge in [0.05, 0.1) is 4.91 Å². The molecule has 2 amide bonds. The second kappa shape index (κ2) is 4.43. The van der Waals surface area contributed by atoms with E-state index in [0.29, 0.717) is 4.91 Å². The SMILES string of the molecule is CN1C(=O)C=C(Sc2ccccc2Br)C1=O. The third-order valence-corrected chi connectivity index (χ3v) is 4.20. The van der Waals surface area contributed by atoms with Crippen LogP contribution in [0.25, 0.3) is 0 Å². The Kier molecular flexibility index (Phi) is 3.16. The lowest BCUT2D eigenvalue weighted by atomic mass is 10.4. The van der Waals surface area contributed by atoms with E-state index in [9.17, 15) is 9.59 Å². The van der Waals surface area contributed by atoms with E-state index in [-0.39, 0.29) is 11.8 Å². The summed E-state index contributed by atoms with van der Waals surface area (Å²) in [6, 6.07) is 7.58. The van der Waals surface area contributed by atoms with Gasteiger partial charge in [0, 0.05) is 22.5 Å². The summed E-state index contributed by atoms with van der Waals surface area (Å²) in [5.41, 5.74) is 0. The molecule has 0 saturated heterocycles. The van der Waals surface area contributed by atoms with Crippen LogP contribution in [0.4, 0.5) is 0 Å². The van der Waals surface area contributed by atoms with Crippen LogP contribution in [-0.2, 0) is 9.59 Å². The minimum absolute atomic E-state index is 0.245. The largest absolute Gasteiger partial charge is 0.278 e. The molecule has 0 aromatic heterocycles. The Morgan fingerprint density at radius 3 is 2.50 bits per heavy atom. The zero-order valence-corrected chi connectivity index (χ0v) is 10.8. The minimum Gasteiger partial charge on any atom is -0.278 e. The summed E-state index contributed by atoms with van der Waals surface area (Å²) in [5.74, 6) is -0.509. The molecule has 3 nitrogen and oxygen atoms in total. The summed E-state index contributed by atoms with van der Waals surface area (Å²) in [7, 11) is 1.48. The van der Waals surface area contributed by atoms with Crippen molar-refractivity contribution in [1.82, 2.24) is 4.90 Å². The van der Waals surface area contributed by atoms with Crippen molar-refractivity contribution in [3.8, 4) is 0 Å². The highest BCUT2D eigenvalue weighted by atomic mass is 79.9. The maximum Gasteiger partial charge on any atom is 0.267 e. The van der Waals surface area contributed by atoms with Crippen molar-refractivity contribution in [3.63, 3.8) is 0 Å². The fourth-order valence-electron chi connectivity index (χ4n) is 1.26. The van der Waals surface area contributed by atoms with Gasteiger partial charge >= 0.3 is 0 Å². The molecule has 0 bridgehead atoms. The van der Waals surface area contributed by atoms with Gasteiger partial charge in [-0.1, -0.05) is 23.9 Å². The van der Waals surface area contributed by atoms with Crippen LogP contribution in [-0.4, -0.2) is 23.8 Å². The zero-order valence-electron chi connectivity index (χ0n) is 8.44. The number of hydrogen-bond acceptors (Lipinski definition) is 3. The molecular formula is C11H8BrNO2S. The zero-order chi connectivity index (χ0) is 11.7. The number of likely N-dealkylation sites (N-methyl/N-ethyl adjacent to an activating group) is 1. The first-order chi connectivity index (χ1) is 7.59. The number of amides is 2. The molecule has 0 fully saturated rings. The highest BCUT2D eigenvalue weighted by Crippen LogP contribution is 2.35. The van der Waals surface area contributed by atoms with Crippen molar-refractivity contribution in [2.45, 2.75) is 4.90 Å². The Labute approximate surface area is 106 Å². The van der Waals surface area contributed by atoms with Gasteiger partial charge < -0.3 is 0 Å². The molecule has 1 aromatic rings. The molecule has 1 aromatic carbocycles. The Balaban J connectivity index is 2.24. The minimum atomic E-state index is -0.264. The van der Waals surface area contributed by atoms with Crippen molar-refractivity contribution >= 4 is 39.5 Å². The molecule has 0 N–H and O–H groups in total. The lowest BCUT2D eigenvalue weighted by Gasteiger charge is -2.07. The average Bonchev–Trinajstić information content (AvgIpc) is 2.50. The van der Waals surface area contributed by atoms with E-state index in [1.165, 1.54) is 24.9 Å². The summed E-state index contributed by atoms with van der Waals surface area (Å²) in [5, 5.41) is 0. The van der Waals surface area contributed by atoms with Crippen molar-refractivity contribution in [1.29, 1.82) is 0 Å². The molecular weight excluding hydrogens is 290 g/mol. The highest BCUT2D eigenvalue weighted by Gasteiger charge is 2.28. The van der Waals surface area contributed by atoms with Crippen LogP contribution in [0.1, 0.15) is 0 Å². The van der Waals surface area contributed by atoms with Gasteiger partial charge in [0.15, 0.2) is 0 Å². The van der Waals surface area contributed by atoms with Crippen molar-refractivity contribution < 1.29 is 9.59 Å². The third kappa shape index (κ3) is 2.05. The summed E-state index contributed by atoms with van der Waals surface area (Å²) in [6.45, 7) is 0.